The van der Waals surface area contributed by atoms with Gasteiger partial charge in [-0.25, -0.2) is 14.6 Å². The Kier molecular flexibility index (Phi) is 4.53. The quantitative estimate of drug-likeness (QED) is 0.813. The van der Waals surface area contributed by atoms with Gasteiger partial charge < -0.3 is 9.64 Å². The average Bonchev–Trinajstić information content (AvgIpc) is 3.02. The molecule has 0 N–H and O–H groups in total. The van der Waals surface area contributed by atoms with Gasteiger partial charge in [0.15, 0.2) is 5.82 Å². The van der Waals surface area contributed by atoms with Crippen molar-refractivity contribution in [2.45, 2.75) is 50.7 Å². The van der Waals surface area contributed by atoms with E-state index in [9.17, 15) is 4.79 Å². The van der Waals surface area contributed by atoms with Gasteiger partial charge in [0.2, 0.25) is 5.91 Å². The number of hydrogen-bond acceptors (Lipinski definition) is 7. The highest BCUT2D eigenvalue weighted by molar-refractivity contribution is 5.83. The topological polar surface area (TPSA) is 98.9 Å². The van der Waals surface area contributed by atoms with Crippen LogP contribution in [0.1, 0.15) is 43.8 Å². The zero-order valence-electron chi connectivity index (χ0n) is 14.0. The molecule has 0 bridgehead atoms. The highest BCUT2D eigenvalue weighted by Gasteiger charge is 2.34. The molecule has 2 aliphatic heterocycles. The fourth-order valence-electron chi connectivity index (χ4n) is 3.50. The van der Waals surface area contributed by atoms with E-state index in [2.05, 4.69) is 25.5 Å². The van der Waals surface area contributed by atoms with Crippen LogP contribution in [-0.2, 0) is 11.3 Å². The van der Waals surface area contributed by atoms with E-state index in [1.807, 2.05) is 4.90 Å². The van der Waals surface area contributed by atoms with Crippen LogP contribution < -0.4 is 4.74 Å². The van der Waals surface area contributed by atoms with Crippen LogP contribution in [0.25, 0.3) is 0 Å². The molecule has 1 unspecified atom stereocenters. The SMILES string of the molecule is O=C(C1CCCCn2nnnc21)N1CCC(Oc2ncccn2)CC1. The number of carbonyl (C=O) groups excluding carboxylic acids is 1. The second kappa shape index (κ2) is 7.12. The van der Waals surface area contributed by atoms with E-state index in [1.165, 1.54) is 0 Å². The van der Waals surface area contributed by atoms with E-state index in [0.29, 0.717) is 24.9 Å². The summed E-state index contributed by atoms with van der Waals surface area (Å²) in [5.74, 6) is 0.610. The van der Waals surface area contributed by atoms with Crippen molar-refractivity contribution in [3.05, 3.63) is 24.3 Å². The third-order valence-corrected chi connectivity index (χ3v) is 4.85. The Bertz CT molecular complexity index is 712. The second-order valence-corrected chi connectivity index (χ2v) is 6.48. The molecule has 1 saturated heterocycles. The molecular weight excluding hydrogens is 322 g/mol. The molecule has 2 aromatic heterocycles. The van der Waals surface area contributed by atoms with Gasteiger partial charge in [0.05, 0.1) is 5.92 Å². The number of ether oxygens (including phenoxy) is 1. The van der Waals surface area contributed by atoms with Gasteiger partial charge in [-0.2, -0.15) is 0 Å². The Labute approximate surface area is 145 Å². The van der Waals surface area contributed by atoms with Crippen LogP contribution in [0, 0.1) is 0 Å². The third kappa shape index (κ3) is 3.45. The summed E-state index contributed by atoms with van der Waals surface area (Å²) in [5.41, 5.74) is 0. The van der Waals surface area contributed by atoms with E-state index < -0.39 is 0 Å². The van der Waals surface area contributed by atoms with Gasteiger partial charge in [-0.05, 0) is 29.3 Å². The van der Waals surface area contributed by atoms with Crippen LogP contribution in [-0.4, -0.2) is 60.2 Å². The number of piperidine rings is 1. The first-order chi connectivity index (χ1) is 12.3. The van der Waals surface area contributed by atoms with E-state index in [1.54, 1.807) is 23.1 Å². The van der Waals surface area contributed by atoms with Crippen molar-refractivity contribution in [1.82, 2.24) is 35.1 Å². The molecule has 4 heterocycles. The number of aryl methyl sites for hydroxylation is 1. The van der Waals surface area contributed by atoms with Gasteiger partial charge >= 0.3 is 6.01 Å². The predicted octanol–water partition coefficient (Wildman–Crippen LogP) is 0.801. The molecule has 9 nitrogen and oxygen atoms in total. The number of hydrogen-bond donors (Lipinski definition) is 0. The summed E-state index contributed by atoms with van der Waals surface area (Å²) >= 11 is 0. The first-order valence-electron chi connectivity index (χ1n) is 8.80. The predicted molar refractivity (Wildman–Crippen MR) is 86.7 cm³/mol. The Morgan fingerprint density at radius 3 is 2.68 bits per heavy atom. The minimum atomic E-state index is -0.229. The molecule has 1 fully saturated rings. The number of fused-ring (bicyclic) bond motifs is 1. The molecule has 0 spiro atoms. The van der Waals surface area contributed by atoms with Gasteiger partial charge in [-0.1, -0.05) is 6.42 Å². The summed E-state index contributed by atoms with van der Waals surface area (Å²) in [6.07, 6.45) is 7.76. The average molecular weight is 343 g/mol. The van der Waals surface area contributed by atoms with Crippen LogP contribution in [0.15, 0.2) is 18.5 Å². The molecule has 4 rings (SSSR count). The van der Waals surface area contributed by atoms with Crippen molar-refractivity contribution >= 4 is 5.91 Å². The van der Waals surface area contributed by atoms with Crippen molar-refractivity contribution < 1.29 is 9.53 Å². The van der Waals surface area contributed by atoms with Gasteiger partial charge in [-0.3, -0.25) is 4.79 Å². The number of nitrogens with zero attached hydrogens (tertiary/aromatic N) is 7. The van der Waals surface area contributed by atoms with Crippen LogP contribution in [0.2, 0.25) is 0 Å². The molecule has 0 aliphatic carbocycles. The number of rotatable bonds is 3. The lowest BCUT2D eigenvalue weighted by Crippen LogP contribution is -2.44. The summed E-state index contributed by atoms with van der Waals surface area (Å²) in [6, 6.07) is 2.16. The molecule has 2 aliphatic rings. The van der Waals surface area contributed by atoms with Gasteiger partial charge in [0.25, 0.3) is 0 Å². The Morgan fingerprint density at radius 2 is 1.88 bits per heavy atom. The maximum absolute atomic E-state index is 13.0. The fourth-order valence-corrected chi connectivity index (χ4v) is 3.50. The normalized spacial score (nSPS) is 21.4. The zero-order valence-corrected chi connectivity index (χ0v) is 14.0. The zero-order chi connectivity index (χ0) is 17.1. The third-order valence-electron chi connectivity index (χ3n) is 4.85. The molecule has 2 aromatic rings. The summed E-state index contributed by atoms with van der Waals surface area (Å²) in [7, 11) is 0. The lowest BCUT2D eigenvalue weighted by molar-refractivity contribution is -0.135. The lowest BCUT2D eigenvalue weighted by Gasteiger charge is -2.33. The van der Waals surface area contributed by atoms with Crippen LogP contribution in [0.4, 0.5) is 0 Å². The second-order valence-electron chi connectivity index (χ2n) is 6.48. The van der Waals surface area contributed by atoms with E-state index >= 15 is 0 Å². The lowest BCUT2D eigenvalue weighted by atomic mass is 9.98. The van der Waals surface area contributed by atoms with Crippen LogP contribution in [0.5, 0.6) is 6.01 Å². The molecule has 0 radical (unpaired) electrons. The van der Waals surface area contributed by atoms with Crippen molar-refractivity contribution in [3.8, 4) is 6.01 Å². The minimum absolute atomic E-state index is 0.0471. The Balaban J connectivity index is 1.37. The summed E-state index contributed by atoms with van der Waals surface area (Å²) in [6.45, 7) is 2.14. The number of aromatic nitrogens is 6. The van der Waals surface area contributed by atoms with Crippen molar-refractivity contribution in [1.29, 1.82) is 0 Å². The first-order valence-corrected chi connectivity index (χ1v) is 8.80. The summed E-state index contributed by atoms with van der Waals surface area (Å²) in [5, 5.41) is 11.8. The van der Waals surface area contributed by atoms with Gasteiger partial charge in [-0.15, -0.1) is 5.10 Å². The fraction of sp³-hybridized carbons (Fsp3) is 0.625. The highest BCUT2D eigenvalue weighted by Crippen LogP contribution is 2.27. The van der Waals surface area contributed by atoms with E-state index in [4.69, 9.17) is 4.74 Å². The van der Waals surface area contributed by atoms with Gasteiger partial charge in [0.1, 0.15) is 6.10 Å². The Morgan fingerprint density at radius 1 is 1.08 bits per heavy atom. The number of carbonyl (C=O) groups is 1. The first kappa shape index (κ1) is 15.9. The molecular formula is C16H21N7O2. The minimum Gasteiger partial charge on any atom is -0.460 e. The van der Waals surface area contributed by atoms with E-state index in [0.717, 1.165) is 38.6 Å². The Hall–Kier alpha value is -2.58. The van der Waals surface area contributed by atoms with E-state index in [-0.39, 0.29) is 17.9 Å². The standard InChI is InChI=1S/C16H21N7O2/c24-15(13-4-1-2-9-23-14(13)19-20-21-23)22-10-5-12(6-11-22)25-16-17-7-3-8-18-16/h3,7-8,12-13H,1-2,4-6,9-11H2. The molecule has 0 saturated carbocycles. The maximum atomic E-state index is 13.0. The molecule has 0 aromatic carbocycles. The highest BCUT2D eigenvalue weighted by atomic mass is 16.5. The molecule has 1 amide bonds. The summed E-state index contributed by atoms with van der Waals surface area (Å²) < 4.78 is 7.57. The van der Waals surface area contributed by atoms with Crippen LogP contribution in [0.3, 0.4) is 0 Å². The van der Waals surface area contributed by atoms with Crippen LogP contribution >= 0.6 is 0 Å². The monoisotopic (exact) mass is 343 g/mol. The molecule has 132 valence electrons. The molecule has 1 atom stereocenters. The largest absolute Gasteiger partial charge is 0.460 e. The number of tetrazole rings is 1. The smallest absolute Gasteiger partial charge is 0.316 e. The molecule has 25 heavy (non-hydrogen) atoms. The summed E-state index contributed by atoms with van der Waals surface area (Å²) in [4.78, 5) is 23.1. The van der Waals surface area contributed by atoms with Crippen molar-refractivity contribution in [2.24, 2.45) is 0 Å². The van der Waals surface area contributed by atoms with Gasteiger partial charge in [0, 0.05) is 44.9 Å². The molecule has 9 heteroatoms. The number of likely N-dealkylation sites (tertiary alicyclic amines) is 1. The van der Waals surface area contributed by atoms with Crippen molar-refractivity contribution in [3.63, 3.8) is 0 Å². The maximum Gasteiger partial charge on any atom is 0.316 e. The number of amides is 1. The van der Waals surface area contributed by atoms with Crippen molar-refractivity contribution in [2.75, 3.05) is 13.1 Å².